The molecule has 12 heteroatoms. The van der Waals surface area contributed by atoms with Crippen LogP contribution in [0.15, 0.2) is 6.33 Å². The van der Waals surface area contributed by atoms with E-state index in [1.807, 2.05) is 14.0 Å². The van der Waals surface area contributed by atoms with Crippen molar-refractivity contribution in [2.45, 2.75) is 51.8 Å². The molecule has 1 aliphatic heterocycles. The number of aliphatic hydroxyl groups is 1. The van der Waals surface area contributed by atoms with Gasteiger partial charge >= 0.3 is 0 Å². The van der Waals surface area contributed by atoms with Gasteiger partial charge in [0.2, 0.25) is 5.95 Å². The number of imidazole rings is 1. The van der Waals surface area contributed by atoms with Crippen molar-refractivity contribution < 1.29 is 13.5 Å². The molecule has 4 N–H and O–H groups in total. The van der Waals surface area contributed by atoms with Gasteiger partial charge in [0, 0.05) is 32.7 Å². The monoisotopic (exact) mass is 426 g/mol. The van der Waals surface area contributed by atoms with Crippen molar-refractivity contribution in [2.24, 2.45) is 7.05 Å². The number of aliphatic hydroxyl groups excluding tert-OH is 1. The van der Waals surface area contributed by atoms with Crippen LogP contribution in [-0.4, -0.2) is 75.2 Å². The van der Waals surface area contributed by atoms with Gasteiger partial charge in [-0.1, -0.05) is 13.8 Å². The number of aryl methyl sites for hydroxylation is 1. The van der Waals surface area contributed by atoms with Crippen LogP contribution in [0.3, 0.4) is 0 Å². The minimum atomic E-state index is -3.46. The molecule has 0 aromatic carbocycles. The van der Waals surface area contributed by atoms with Crippen LogP contribution in [-0.2, 0) is 17.3 Å². The Bertz CT molecular complexity index is 946. The van der Waals surface area contributed by atoms with E-state index in [-0.39, 0.29) is 12.1 Å². The summed E-state index contributed by atoms with van der Waals surface area (Å²) in [5.74, 6) is 0.942. The molecule has 0 aliphatic carbocycles. The van der Waals surface area contributed by atoms with Gasteiger partial charge in [0.15, 0.2) is 17.0 Å². The van der Waals surface area contributed by atoms with E-state index in [1.54, 1.807) is 24.7 Å². The van der Waals surface area contributed by atoms with Gasteiger partial charge < -0.3 is 20.3 Å². The average molecular weight is 427 g/mol. The van der Waals surface area contributed by atoms with Gasteiger partial charge in [0.25, 0.3) is 10.2 Å². The maximum absolute atomic E-state index is 12.2. The summed E-state index contributed by atoms with van der Waals surface area (Å²) in [6.45, 7) is 6.60. The molecule has 29 heavy (non-hydrogen) atoms. The summed E-state index contributed by atoms with van der Waals surface area (Å²) in [5.41, 5.74) is 1.27. The molecule has 0 bridgehead atoms. The molecule has 3 atom stereocenters. The van der Waals surface area contributed by atoms with Crippen LogP contribution in [0.25, 0.3) is 11.2 Å². The Balaban J connectivity index is 1.83. The van der Waals surface area contributed by atoms with Crippen LogP contribution in [0.1, 0.15) is 33.6 Å². The number of anilines is 2. The SMILES string of the molecule is CCNS(=O)(=O)N1CCC(Nc2nc(N[C@@H](CC)[C@@H](C)O)nc3c2ncn3C)C1. The van der Waals surface area contributed by atoms with Gasteiger partial charge in [0.05, 0.1) is 18.5 Å². The fourth-order valence-corrected chi connectivity index (χ4v) is 4.70. The van der Waals surface area contributed by atoms with Gasteiger partial charge in [-0.05, 0) is 19.8 Å². The zero-order chi connectivity index (χ0) is 21.2. The largest absolute Gasteiger partial charge is 0.391 e. The topological polar surface area (TPSA) is 137 Å². The molecule has 0 radical (unpaired) electrons. The van der Waals surface area contributed by atoms with Crippen molar-refractivity contribution >= 4 is 33.1 Å². The quantitative estimate of drug-likeness (QED) is 0.449. The molecule has 11 nitrogen and oxygen atoms in total. The molecule has 162 valence electrons. The number of nitrogens with one attached hydrogen (secondary N) is 3. The molecule has 1 unspecified atom stereocenters. The molecule has 3 heterocycles. The highest BCUT2D eigenvalue weighted by Gasteiger charge is 2.31. The van der Waals surface area contributed by atoms with Crippen molar-refractivity contribution in [1.29, 1.82) is 0 Å². The van der Waals surface area contributed by atoms with Crippen LogP contribution < -0.4 is 15.4 Å². The highest BCUT2D eigenvalue weighted by atomic mass is 32.2. The predicted molar refractivity (Wildman–Crippen MR) is 112 cm³/mol. The van der Waals surface area contributed by atoms with E-state index in [0.717, 1.165) is 0 Å². The molecule has 3 rings (SSSR count). The third-order valence-electron chi connectivity index (χ3n) is 5.05. The Morgan fingerprint density at radius 1 is 1.34 bits per heavy atom. The smallest absolute Gasteiger partial charge is 0.279 e. The second-order valence-electron chi connectivity index (χ2n) is 7.31. The van der Waals surface area contributed by atoms with E-state index in [0.29, 0.717) is 55.4 Å². The molecule has 0 spiro atoms. The first-order valence-electron chi connectivity index (χ1n) is 9.90. The lowest BCUT2D eigenvalue weighted by Gasteiger charge is -2.21. The minimum absolute atomic E-state index is 0.0878. The highest BCUT2D eigenvalue weighted by Crippen LogP contribution is 2.24. The fraction of sp³-hybridized carbons (Fsp3) is 0.706. The van der Waals surface area contributed by atoms with Crippen molar-refractivity contribution in [3.05, 3.63) is 6.33 Å². The van der Waals surface area contributed by atoms with E-state index in [2.05, 4.69) is 30.3 Å². The lowest BCUT2D eigenvalue weighted by atomic mass is 10.1. The summed E-state index contributed by atoms with van der Waals surface area (Å²) < 4.78 is 30.2. The standard InChI is InChI=1S/C17H30N8O3S/c1-5-13(11(3)26)21-17-22-15(14-16(23-17)24(4)10-18-14)20-12-7-8-25(9-12)29(27,28)19-6-2/h10-13,19,26H,5-9H2,1-4H3,(H2,20,21,22,23)/t11-,12?,13+/m1/s1. The predicted octanol–water partition coefficient (Wildman–Crippen LogP) is 0.275. The molecule has 0 amide bonds. The normalized spacial score (nSPS) is 20.1. The number of hydrogen-bond donors (Lipinski definition) is 4. The first kappa shape index (κ1) is 21.7. The van der Waals surface area contributed by atoms with Crippen molar-refractivity contribution in [3.63, 3.8) is 0 Å². The molecule has 2 aromatic rings. The molecule has 1 saturated heterocycles. The Hall–Kier alpha value is -2.02. The Morgan fingerprint density at radius 3 is 2.76 bits per heavy atom. The average Bonchev–Trinajstić information content (AvgIpc) is 3.27. The van der Waals surface area contributed by atoms with E-state index < -0.39 is 16.3 Å². The van der Waals surface area contributed by atoms with Gasteiger partial charge in [-0.2, -0.15) is 22.7 Å². The van der Waals surface area contributed by atoms with Gasteiger partial charge in [-0.15, -0.1) is 0 Å². The maximum Gasteiger partial charge on any atom is 0.279 e. The van der Waals surface area contributed by atoms with Crippen molar-refractivity contribution in [3.8, 4) is 0 Å². The summed E-state index contributed by atoms with van der Waals surface area (Å²) in [6.07, 6.45) is 2.49. The van der Waals surface area contributed by atoms with Crippen LogP contribution >= 0.6 is 0 Å². The van der Waals surface area contributed by atoms with Crippen LogP contribution in [0, 0.1) is 0 Å². The lowest BCUT2D eigenvalue weighted by molar-refractivity contribution is 0.169. The second-order valence-corrected chi connectivity index (χ2v) is 9.07. The zero-order valence-electron chi connectivity index (χ0n) is 17.3. The maximum atomic E-state index is 12.2. The molecule has 2 aromatic heterocycles. The number of fused-ring (bicyclic) bond motifs is 1. The van der Waals surface area contributed by atoms with Gasteiger partial charge in [-0.25, -0.2) is 9.71 Å². The number of hydrogen-bond acceptors (Lipinski definition) is 8. The molecular weight excluding hydrogens is 396 g/mol. The summed E-state index contributed by atoms with van der Waals surface area (Å²) in [7, 11) is -1.61. The molecular formula is C17H30N8O3S. The summed E-state index contributed by atoms with van der Waals surface area (Å²) >= 11 is 0. The molecule has 0 saturated carbocycles. The third kappa shape index (κ3) is 4.77. The lowest BCUT2D eigenvalue weighted by Crippen LogP contribution is -2.40. The minimum Gasteiger partial charge on any atom is -0.391 e. The van der Waals surface area contributed by atoms with Gasteiger partial charge in [-0.3, -0.25) is 0 Å². The number of rotatable bonds is 9. The van der Waals surface area contributed by atoms with E-state index in [9.17, 15) is 13.5 Å². The number of aromatic nitrogens is 4. The number of nitrogens with zero attached hydrogens (tertiary/aromatic N) is 5. The van der Waals surface area contributed by atoms with E-state index in [4.69, 9.17) is 0 Å². The van der Waals surface area contributed by atoms with Crippen molar-refractivity contribution in [2.75, 3.05) is 30.3 Å². The molecule has 1 fully saturated rings. The highest BCUT2D eigenvalue weighted by molar-refractivity contribution is 7.87. The zero-order valence-corrected chi connectivity index (χ0v) is 18.1. The van der Waals surface area contributed by atoms with Gasteiger partial charge in [0.1, 0.15) is 0 Å². The van der Waals surface area contributed by atoms with E-state index in [1.165, 1.54) is 4.31 Å². The Labute approximate surface area is 171 Å². The van der Waals surface area contributed by atoms with Crippen LogP contribution in [0.5, 0.6) is 0 Å². The van der Waals surface area contributed by atoms with E-state index >= 15 is 0 Å². The van der Waals surface area contributed by atoms with Crippen LogP contribution in [0.4, 0.5) is 11.8 Å². The Morgan fingerprint density at radius 2 is 2.10 bits per heavy atom. The summed E-state index contributed by atoms with van der Waals surface area (Å²) in [4.78, 5) is 13.5. The first-order chi connectivity index (χ1) is 13.7. The third-order valence-corrected chi connectivity index (χ3v) is 6.72. The second kappa shape index (κ2) is 8.78. The summed E-state index contributed by atoms with van der Waals surface area (Å²) in [6, 6.07) is -0.268. The summed E-state index contributed by atoms with van der Waals surface area (Å²) in [5, 5.41) is 16.5. The van der Waals surface area contributed by atoms with Crippen molar-refractivity contribution in [1.82, 2.24) is 28.5 Å². The van der Waals surface area contributed by atoms with Crippen LogP contribution in [0.2, 0.25) is 0 Å². The Kier molecular flexibility index (Phi) is 6.56. The molecule has 1 aliphatic rings. The first-order valence-corrected chi connectivity index (χ1v) is 11.3. The fourth-order valence-electron chi connectivity index (χ4n) is 3.43.